The molecule has 6 aromatic heterocycles. The maximum absolute atomic E-state index is 2.49. The van der Waals surface area contributed by atoms with E-state index in [4.69, 9.17) is 0 Å². The van der Waals surface area contributed by atoms with Gasteiger partial charge in [-0.2, -0.15) is 0 Å². The van der Waals surface area contributed by atoms with Gasteiger partial charge in [0.1, 0.15) is 0 Å². The van der Waals surface area contributed by atoms with Crippen LogP contribution < -0.4 is 0 Å². The van der Waals surface area contributed by atoms with E-state index in [1.54, 1.807) is 0 Å². The molecule has 0 saturated heterocycles. The molecule has 6 heterocycles. The molecule has 0 aliphatic carbocycles. The molecule has 0 fully saturated rings. The molecule has 30 aromatic rings. The molecule has 30 rings (SSSR count). The zero-order chi connectivity index (χ0) is 94.8. The van der Waals surface area contributed by atoms with E-state index in [0.29, 0.717) is 0 Å². The van der Waals surface area contributed by atoms with Gasteiger partial charge in [-0.1, -0.05) is 400 Å². The van der Waals surface area contributed by atoms with Gasteiger partial charge in [0.15, 0.2) is 0 Å². The van der Waals surface area contributed by atoms with Crippen molar-refractivity contribution in [1.29, 1.82) is 0 Å². The number of fused-ring (bicyclic) bond motifs is 29. The molecule has 144 heavy (non-hydrogen) atoms. The highest BCUT2D eigenvalue weighted by Crippen LogP contribution is 2.53. The molecule has 0 amide bonds. The molecule has 0 saturated carbocycles. The van der Waals surface area contributed by atoms with Gasteiger partial charge in [-0.05, 0) is 254 Å². The van der Waals surface area contributed by atoms with Gasteiger partial charge >= 0.3 is 0 Å². The maximum Gasteiger partial charge on any atom is 0.0726 e. The molecule has 24 aromatic carbocycles. The lowest BCUT2D eigenvalue weighted by Crippen LogP contribution is -1.95. The van der Waals surface area contributed by atoms with E-state index in [9.17, 15) is 0 Å². The molecule has 0 unspecified atom stereocenters. The molecular formula is C138H87N3S3. The highest BCUT2D eigenvalue weighted by atomic mass is 32.1. The van der Waals surface area contributed by atoms with Crippen molar-refractivity contribution in [1.82, 2.24) is 13.7 Å². The molecule has 0 atom stereocenters. The second-order valence-electron chi connectivity index (χ2n) is 37.5. The lowest BCUT2D eigenvalue weighted by Gasteiger charge is -2.13. The smallest absolute Gasteiger partial charge is 0.0726 e. The predicted molar refractivity (Wildman–Crippen MR) is 622 cm³/mol. The molecule has 6 heteroatoms. The summed E-state index contributed by atoms with van der Waals surface area (Å²) in [4.78, 5) is 0. The van der Waals surface area contributed by atoms with E-state index in [1.165, 1.54) is 270 Å². The topological polar surface area (TPSA) is 14.8 Å². The average molecular weight is 1880 g/mol. The molecule has 0 radical (unpaired) electrons. The average Bonchev–Trinajstić information content (AvgIpc) is 1.55. The number of thiophene rings is 3. The van der Waals surface area contributed by atoms with Gasteiger partial charge in [0.2, 0.25) is 0 Å². The number of benzene rings is 24. The van der Waals surface area contributed by atoms with Crippen molar-refractivity contribution >= 4 is 192 Å². The van der Waals surface area contributed by atoms with Crippen LogP contribution in [0.1, 0.15) is 0 Å². The van der Waals surface area contributed by atoms with Crippen LogP contribution in [0.3, 0.4) is 0 Å². The number of hydrogen-bond acceptors (Lipinski definition) is 3. The van der Waals surface area contributed by atoms with E-state index >= 15 is 0 Å². The van der Waals surface area contributed by atoms with E-state index in [2.05, 4.69) is 541 Å². The third-order valence-corrected chi connectivity index (χ3v) is 32.8. The van der Waals surface area contributed by atoms with Gasteiger partial charge in [0.05, 0.1) is 42.5 Å². The summed E-state index contributed by atoms with van der Waals surface area (Å²) in [7, 11) is 0. The fourth-order valence-corrected chi connectivity index (χ4v) is 26.5. The lowest BCUT2D eigenvalue weighted by molar-refractivity contribution is 1.19. The summed E-state index contributed by atoms with van der Waals surface area (Å²) in [6.07, 6.45) is 0. The number of nitrogens with zero attached hydrogens (tertiary/aromatic N) is 3. The molecule has 0 aliphatic rings. The Hall–Kier alpha value is -17.9. The quantitative estimate of drug-likeness (QED) is 0.116. The summed E-state index contributed by atoms with van der Waals surface area (Å²) in [5.74, 6) is 0. The number of hydrogen-bond donors (Lipinski definition) is 0. The lowest BCUT2D eigenvalue weighted by atomic mass is 9.93. The first-order valence-electron chi connectivity index (χ1n) is 49.3. The summed E-state index contributed by atoms with van der Waals surface area (Å²) in [6.45, 7) is 0. The maximum atomic E-state index is 2.49. The van der Waals surface area contributed by atoms with Gasteiger partial charge in [-0.25, -0.2) is 0 Å². The first kappa shape index (κ1) is 84.2. The zero-order valence-electron chi connectivity index (χ0n) is 78.3. The minimum absolute atomic E-state index is 1.16. The van der Waals surface area contributed by atoms with E-state index in [-0.39, 0.29) is 0 Å². The Labute approximate surface area is 844 Å². The van der Waals surface area contributed by atoms with E-state index in [0.717, 1.165) is 5.69 Å². The predicted octanol–water partition coefficient (Wildman–Crippen LogP) is 39.9. The minimum Gasteiger partial charge on any atom is -0.309 e. The Bertz CT molecular complexity index is 9940. The molecular weight excluding hydrogens is 1800 g/mol. The second-order valence-corrected chi connectivity index (χ2v) is 40.7. The van der Waals surface area contributed by atoms with Crippen LogP contribution in [-0.2, 0) is 0 Å². The molecule has 0 spiro atoms. The Morgan fingerprint density at radius 2 is 0.403 bits per heavy atom. The number of para-hydroxylation sites is 2. The molecule has 0 bridgehead atoms. The van der Waals surface area contributed by atoms with Crippen molar-refractivity contribution in [2.45, 2.75) is 0 Å². The minimum atomic E-state index is 1.16. The summed E-state index contributed by atoms with van der Waals surface area (Å²) in [6, 6.07) is 193. The van der Waals surface area contributed by atoms with Crippen molar-refractivity contribution < 1.29 is 0 Å². The van der Waals surface area contributed by atoms with Crippen LogP contribution >= 0.6 is 34.0 Å². The second kappa shape index (κ2) is 35.2. The van der Waals surface area contributed by atoms with Crippen LogP contribution in [-0.4, -0.2) is 13.7 Å². The Morgan fingerprint density at radius 3 is 0.819 bits per heavy atom. The Kier molecular flexibility index (Phi) is 20.6. The third kappa shape index (κ3) is 14.3. The highest BCUT2D eigenvalue weighted by Gasteiger charge is 2.27. The van der Waals surface area contributed by atoms with Crippen molar-refractivity contribution in [3.8, 4) is 117 Å². The summed E-state index contributed by atoms with van der Waals surface area (Å²) in [5.41, 5.74) is 32.9. The fourth-order valence-electron chi connectivity index (χ4n) is 22.7. The van der Waals surface area contributed by atoms with Gasteiger partial charge in [-0.3, -0.25) is 0 Å². The third-order valence-electron chi connectivity index (χ3n) is 29.3. The van der Waals surface area contributed by atoms with Crippen LogP contribution in [0.15, 0.2) is 528 Å². The first-order chi connectivity index (χ1) is 71.4. The zero-order valence-corrected chi connectivity index (χ0v) is 80.7. The Morgan fingerprint density at radius 1 is 0.125 bits per heavy atom. The number of aromatic nitrogens is 3. The van der Waals surface area contributed by atoms with Crippen molar-refractivity contribution in [2.75, 3.05) is 0 Å². The summed E-state index contributed by atoms with van der Waals surface area (Å²) >= 11 is 5.72. The van der Waals surface area contributed by atoms with Gasteiger partial charge in [0, 0.05) is 106 Å². The van der Waals surface area contributed by atoms with Crippen LogP contribution in [0.25, 0.3) is 275 Å². The van der Waals surface area contributed by atoms with Crippen molar-refractivity contribution in [3.05, 3.63) is 528 Å². The summed E-state index contributed by atoms with van der Waals surface area (Å²) in [5, 5.41) is 23.7. The fraction of sp³-hybridized carbons (Fsp3) is 0. The molecule has 0 N–H and O–H groups in total. The Balaban J connectivity index is 0.000000105. The van der Waals surface area contributed by atoms with Crippen molar-refractivity contribution in [3.63, 3.8) is 0 Å². The monoisotopic (exact) mass is 1880 g/mol. The standard InChI is InChI=1S/3C46H29NS/c1-3-13-30(14-4-1)33-27-34(31-15-5-2-6-16-31)29-35(28-33)32-23-25-36(26-24-32)47-41-21-11-9-19-39(41)44-45(47)38-18-8-7-17-37(38)43-40-20-10-12-22-42(40)48-46(43)44;1-3-13-30(14-4-1)33-27-34(31-15-5-2-6-16-31)29-35(28-33)32-23-25-36(26-24-32)47-41-21-11-9-19-39(41)43-37-17-7-8-18-38(37)44-40-20-10-12-22-42(40)48-46(44)45(43)47;1-3-11-30(12-4-1)34-27-35(31-13-5-2-6-14-31)29-36(28-34)32-19-22-37(23-20-32)47-42-26-21-33-15-7-8-16-38(33)44(42)41-25-24-40-39-17-9-10-18-43(39)48-46(40)45(41)47/h3*1-29H. The summed E-state index contributed by atoms with van der Waals surface area (Å²) < 4.78 is 15.5. The molecule has 3 nitrogen and oxygen atoms in total. The highest BCUT2D eigenvalue weighted by molar-refractivity contribution is 7.28. The normalized spacial score (nSPS) is 11.8. The first-order valence-corrected chi connectivity index (χ1v) is 51.8. The van der Waals surface area contributed by atoms with Crippen LogP contribution in [0.2, 0.25) is 0 Å². The van der Waals surface area contributed by atoms with Gasteiger partial charge in [-0.15, -0.1) is 34.0 Å². The van der Waals surface area contributed by atoms with Gasteiger partial charge < -0.3 is 13.7 Å². The molecule has 0 aliphatic heterocycles. The van der Waals surface area contributed by atoms with Crippen LogP contribution in [0.5, 0.6) is 0 Å². The van der Waals surface area contributed by atoms with E-state index in [1.807, 2.05) is 34.0 Å². The van der Waals surface area contributed by atoms with E-state index < -0.39 is 0 Å². The molecule has 672 valence electrons. The largest absolute Gasteiger partial charge is 0.309 e. The van der Waals surface area contributed by atoms with Crippen LogP contribution in [0.4, 0.5) is 0 Å². The van der Waals surface area contributed by atoms with Crippen molar-refractivity contribution in [2.24, 2.45) is 0 Å². The van der Waals surface area contributed by atoms with Crippen LogP contribution in [0, 0.1) is 0 Å². The SMILES string of the molecule is c1ccc(-c2cc(-c3ccccc3)cc(-c3ccc(-n4c5ccc6ccccc6c5c5ccc6c7ccccc7sc6c54)cc3)c2)cc1.c1ccc(-c2cc(-c3ccccc3)cc(-c3ccc(-n4c5ccccc5c5c6ccccc6c6c7ccccc7sc6c54)cc3)c2)cc1.c1ccc(-c2cc(-c3ccccc3)cc(-c3ccc(-n4c5ccccc5c5c6sc7ccccc7c6c6ccccc6c54)cc3)c2)cc1. The number of rotatable bonds is 12. The van der Waals surface area contributed by atoms with Gasteiger partial charge in [0.25, 0.3) is 0 Å².